The number of carboxylic acid groups (broad SMARTS) is 1. The number of nitrogens with zero attached hydrogens (tertiary/aromatic N) is 2. The normalized spacial score (nSPS) is 12.7. The number of imidazole rings is 1. The van der Waals surface area contributed by atoms with Crippen LogP contribution in [-0.4, -0.2) is 39.1 Å². The largest absolute Gasteiger partial charge is 0.481 e. The van der Waals surface area contributed by atoms with Crippen LogP contribution >= 0.6 is 11.8 Å². The number of rotatable bonds is 7. The van der Waals surface area contributed by atoms with Gasteiger partial charge in [0.1, 0.15) is 5.82 Å². The zero-order chi connectivity index (χ0) is 15.4. The Kier molecular flexibility index (Phi) is 5.19. The van der Waals surface area contributed by atoms with E-state index in [0.717, 1.165) is 11.8 Å². The van der Waals surface area contributed by atoms with Gasteiger partial charge >= 0.3 is 5.97 Å². The molecule has 1 aromatic heterocycles. The van der Waals surface area contributed by atoms with E-state index in [1.165, 1.54) is 12.1 Å². The first-order valence-electron chi connectivity index (χ1n) is 6.63. The molecule has 0 fully saturated rings. The molecule has 0 amide bonds. The van der Waals surface area contributed by atoms with Crippen LogP contribution in [0.4, 0.5) is 4.39 Å². The molecule has 21 heavy (non-hydrogen) atoms. The van der Waals surface area contributed by atoms with E-state index < -0.39 is 5.97 Å². The number of carbonyl (C=O) groups is 1. The number of ether oxygens (including phenoxy) is 1. The Balaban J connectivity index is 2.37. The van der Waals surface area contributed by atoms with E-state index in [-0.39, 0.29) is 17.7 Å². The maximum Gasteiger partial charge on any atom is 0.313 e. The fourth-order valence-corrected chi connectivity index (χ4v) is 2.83. The minimum absolute atomic E-state index is 0.0696. The van der Waals surface area contributed by atoms with Crippen LogP contribution in [0.2, 0.25) is 0 Å². The molecule has 114 valence electrons. The second-order valence-corrected chi connectivity index (χ2v) is 5.53. The Morgan fingerprint density at radius 3 is 3.00 bits per heavy atom. The van der Waals surface area contributed by atoms with Crippen LogP contribution in [-0.2, 0) is 16.1 Å². The molecular formula is C14H17FN2O3S. The van der Waals surface area contributed by atoms with Gasteiger partial charge in [-0.1, -0.05) is 11.8 Å². The van der Waals surface area contributed by atoms with Crippen LogP contribution in [0.5, 0.6) is 0 Å². The lowest BCUT2D eigenvalue weighted by Crippen LogP contribution is -2.17. The molecule has 0 aliphatic carbocycles. The smallest absolute Gasteiger partial charge is 0.313 e. The van der Waals surface area contributed by atoms with Gasteiger partial charge in [-0.2, -0.15) is 0 Å². The van der Waals surface area contributed by atoms with Gasteiger partial charge in [0.2, 0.25) is 0 Å². The molecule has 1 aromatic carbocycles. The molecule has 0 saturated carbocycles. The van der Waals surface area contributed by atoms with Gasteiger partial charge in [0.15, 0.2) is 5.16 Å². The van der Waals surface area contributed by atoms with Crippen LogP contribution in [0.3, 0.4) is 0 Å². The number of hydrogen-bond donors (Lipinski definition) is 1. The summed E-state index contributed by atoms with van der Waals surface area (Å²) in [6.45, 7) is 4.90. The first-order chi connectivity index (χ1) is 10.0. The Morgan fingerprint density at radius 1 is 1.57 bits per heavy atom. The molecule has 1 N–H and O–H groups in total. The minimum Gasteiger partial charge on any atom is -0.481 e. The van der Waals surface area contributed by atoms with E-state index in [4.69, 9.17) is 9.84 Å². The van der Waals surface area contributed by atoms with Crippen molar-refractivity contribution in [2.45, 2.75) is 31.7 Å². The average Bonchev–Trinajstić information content (AvgIpc) is 2.74. The highest BCUT2D eigenvalue weighted by molar-refractivity contribution is 7.99. The van der Waals surface area contributed by atoms with Crippen molar-refractivity contribution in [3.63, 3.8) is 0 Å². The van der Waals surface area contributed by atoms with Crippen molar-refractivity contribution < 1.29 is 19.0 Å². The maximum atomic E-state index is 13.5. The number of hydrogen-bond acceptors (Lipinski definition) is 4. The number of thioether (sulfide) groups is 1. The van der Waals surface area contributed by atoms with Crippen molar-refractivity contribution in [3.8, 4) is 0 Å². The first-order valence-corrected chi connectivity index (χ1v) is 7.61. The molecule has 2 rings (SSSR count). The van der Waals surface area contributed by atoms with Gasteiger partial charge < -0.3 is 14.4 Å². The molecule has 1 unspecified atom stereocenters. The fourth-order valence-electron chi connectivity index (χ4n) is 2.08. The van der Waals surface area contributed by atoms with Gasteiger partial charge in [-0.3, -0.25) is 4.79 Å². The molecule has 0 radical (unpaired) electrons. The van der Waals surface area contributed by atoms with Crippen molar-refractivity contribution in [3.05, 3.63) is 24.0 Å². The lowest BCUT2D eigenvalue weighted by Gasteiger charge is -2.15. The standard InChI is InChI=1S/C14H17FN2O3S/c1-3-20-9(2)7-17-12-6-10(15)4-5-11(12)16-14(17)21-8-13(18)19/h4-6,9H,3,7-8H2,1-2H3,(H,18,19). The lowest BCUT2D eigenvalue weighted by molar-refractivity contribution is -0.133. The van der Waals surface area contributed by atoms with Crippen molar-refractivity contribution in [1.29, 1.82) is 0 Å². The molecule has 0 saturated heterocycles. The van der Waals surface area contributed by atoms with Gasteiger partial charge in [-0.15, -0.1) is 0 Å². The summed E-state index contributed by atoms with van der Waals surface area (Å²) in [5.74, 6) is -1.35. The highest BCUT2D eigenvalue weighted by atomic mass is 32.2. The Morgan fingerprint density at radius 2 is 2.33 bits per heavy atom. The second-order valence-electron chi connectivity index (χ2n) is 4.59. The Bertz CT molecular complexity index is 644. The van der Waals surface area contributed by atoms with Crippen LogP contribution < -0.4 is 0 Å². The van der Waals surface area contributed by atoms with E-state index in [1.807, 2.05) is 18.4 Å². The third kappa shape index (κ3) is 3.95. The summed E-state index contributed by atoms with van der Waals surface area (Å²) in [4.78, 5) is 15.1. The second kappa shape index (κ2) is 6.91. The molecule has 0 bridgehead atoms. The molecule has 2 aromatic rings. The van der Waals surface area contributed by atoms with Crippen LogP contribution in [0.15, 0.2) is 23.4 Å². The number of benzene rings is 1. The third-order valence-electron chi connectivity index (χ3n) is 2.89. The Labute approximate surface area is 126 Å². The lowest BCUT2D eigenvalue weighted by atomic mass is 10.3. The van der Waals surface area contributed by atoms with Gasteiger partial charge in [-0.25, -0.2) is 9.37 Å². The molecule has 0 spiro atoms. The van der Waals surface area contributed by atoms with Crippen molar-refractivity contribution >= 4 is 28.8 Å². The maximum absolute atomic E-state index is 13.5. The van der Waals surface area contributed by atoms with E-state index in [2.05, 4.69) is 4.98 Å². The predicted octanol–water partition coefficient (Wildman–Crippen LogP) is 2.78. The summed E-state index contributed by atoms with van der Waals surface area (Å²) in [5.41, 5.74) is 1.29. The summed E-state index contributed by atoms with van der Waals surface area (Å²) >= 11 is 1.12. The summed E-state index contributed by atoms with van der Waals surface area (Å²) < 4.78 is 20.8. The van der Waals surface area contributed by atoms with E-state index in [9.17, 15) is 9.18 Å². The topological polar surface area (TPSA) is 64.3 Å². The number of carboxylic acids is 1. The number of fused-ring (bicyclic) bond motifs is 1. The number of aromatic nitrogens is 2. The molecule has 1 heterocycles. The average molecular weight is 312 g/mol. The summed E-state index contributed by atoms with van der Waals surface area (Å²) in [6.07, 6.45) is -0.0696. The highest BCUT2D eigenvalue weighted by Gasteiger charge is 2.15. The fraction of sp³-hybridized carbons (Fsp3) is 0.429. The van der Waals surface area contributed by atoms with Crippen LogP contribution in [0.25, 0.3) is 11.0 Å². The minimum atomic E-state index is -0.914. The summed E-state index contributed by atoms with van der Waals surface area (Å²) in [7, 11) is 0. The van der Waals surface area contributed by atoms with Crippen molar-refractivity contribution in [2.24, 2.45) is 0 Å². The van der Waals surface area contributed by atoms with Gasteiger partial charge in [0.05, 0.1) is 29.4 Å². The summed E-state index contributed by atoms with van der Waals surface area (Å²) in [6, 6.07) is 4.35. The predicted molar refractivity (Wildman–Crippen MR) is 79.1 cm³/mol. The molecular weight excluding hydrogens is 295 g/mol. The molecule has 1 atom stereocenters. The quantitative estimate of drug-likeness (QED) is 0.796. The highest BCUT2D eigenvalue weighted by Crippen LogP contribution is 2.25. The summed E-state index contributed by atoms with van der Waals surface area (Å²) in [5, 5.41) is 9.37. The van der Waals surface area contributed by atoms with Crippen LogP contribution in [0.1, 0.15) is 13.8 Å². The SMILES string of the molecule is CCOC(C)Cn1c(SCC(=O)O)nc2ccc(F)cc21. The van der Waals surface area contributed by atoms with Crippen molar-refractivity contribution in [1.82, 2.24) is 9.55 Å². The molecule has 5 nitrogen and oxygen atoms in total. The number of halogens is 1. The zero-order valence-corrected chi connectivity index (χ0v) is 12.7. The third-order valence-corrected chi connectivity index (χ3v) is 3.85. The zero-order valence-electron chi connectivity index (χ0n) is 11.9. The molecule has 7 heteroatoms. The molecule has 0 aliphatic rings. The van der Waals surface area contributed by atoms with E-state index in [0.29, 0.717) is 29.3 Å². The molecule has 0 aliphatic heterocycles. The van der Waals surface area contributed by atoms with Gasteiger partial charge in [-0.05, 0) is 32.0 Å². The van der Waals surface area contributed by atoms with Gasteiger partial charge in [0, 0.05) is 6.61 Å². The monoisotopic (exact) mass is 312 g/mol. The van der Waals surface area contributed by atoms with E-state index >= 15 is 0 Å². The first kappa shape index (κ1) is 15.8. The van der Waals surface area contributed by atoms with Crippen molar-refractivity contribution in [2.75, 3.05) is 12.4 Å². The Hall–Kier alpha value is -1.60. The number of aliphatic carboxylic acids is 1. The van der Waals surface area contributed by atoms with E-state index in [1.54, 1.807) is 6.07 Å². The van der Waals surface area contributed by atoms with Crippen LogP contribution in [0, 0.1) is 5.82 Å². The van der Waals surface area contributed by atoms with Gasteiger partial charge in [0.25, 0.3) is 0 Å².